The van der Waals surface area contributed by atoms with E-state index in [1.807, 2.05) is 18.2 Å². The quantitative estimate of drug-likeness (QED) is 0.353. The predicted octanol–water partition coefficient (Wildman–Crippen LogP) is 5.83. The lowest BCUT2D eigenvalue weighted by atomic mass is 9.96. The van der Waals surface area contributed by atoms with E-state index < -0.39 is 6.02 Å². The number of hydrogen-bond donors (Lipinski definition) is 2. The summed E-state index contributed by atoms with van der Waals surface area (Å²) in [6.07, 6.45) is 5.44. The van der Waals surface area contributed by atoms with Gasteiger partial charge in [0, 0.05) is 23.8 Å². The fourth-order valence-corrected chi connectivity index (χ4v) is 3.85. The zero-order valence-electron chi connectivity index (χ0n) is 21.0. The number of rotatable bonds is 7. The number of halogens is 1. The number of nitriles is 1. The van der Waals surface area contributed by atoms with Crippen LogP contribution in [0.3, 0.4) is 0 Å². The SMILES string of the molecule is [2H]C(Nc1ccc2ncc(C#N)c(NCC(C)(C)C)c2c1)(c1ccc(F)cc1)c1cn(C2CC2)nn1. The number of hydrogen-bond acceptors (Lipinski definition) is 6. The molecule has 0 saturated heterocycles. The minimum Gasteiger partial charge on any atom is -0.383 e. The van der Waals surface area contributed by atoms with Crippen molar-refractivity contribution in [3.8, 4) is 6.07 Å². The van der Waals surface area contributed by atoms with E-state index in [1.54, 1.807) is 29.2 Å². The molecule has 1 unspecified atom stereocenters. The van der Waals surface area contributed by atoms with Crippen LogP contribution in [0.2, 0.25) is 0 Å². The molecule has 1 fully saturated rings. The highest BCUT2D eigenvalue weighted by atomic mass is 19.1. The van der Waals surface area contributed by atoms with Gasteiger partial charge in [0.1, 0.15) is 17.6 Å². The molecule has 0 bridgehead atoms. The van der Waals surface area contributed by atoms with Gasteiger partial charge in [-0.2, -0.15) is 5.26 Å². The lowest BCUT2D eigenvalue weighted by molar-refractivity contribution is 0.443. The van der Waals surface area contributed by atoms with E-state index in [1.165, 1.54) is 12.1 Å². The number of nitrogens with one attached hydrogen (secondary N) is 2. The van der Waals surface area contributed by atoms with Gasteiger partial charge in [0.05, 0.1) is 36.4 Å². The number of aromatic nitrogens is 4. The molecule has 0 amide bonds. The van der Waals surface area contributed by atoms with Crippen LogP contribution in [0.1, 0.15) is 63.9 Å². The molecule has 35 heavy (non-hydrogen) atoms. The molecule has 8 heteroatoms. The highest BCUT2D eigenvalue weighted by Crippen LogP contribution is 2.36. The van der Waals surface area contributed by atoms with Crippen LogP contribution in [0, 0.1) is 22.6 Å². The number of fused-ring (bicyclic) bond motifs is 1. The molecule has 0 radical (unpaired) electrons. The smallest absolute Gasteiger partial charge is 0.123 e. The number of benzene rings is 2. The van der Waals surface area contributed by atoms with Crippen LogP contribution < -0.4 is 10.6 Å². The first-order valence-electron chi connectivity index (χ1n) is 12.2. The third kappa shape index (κ3) is 5.09. The Hall–Kier alpha value is -3.99. The molecule has 0 spiro atoms. The van der Waals surface area contributed by atoms with Gasteiger partial charge >= 0.3 is 0 Å². The molecule has 5 rings (SSSR count). The van der Waals surface area contributed by atoms with Gasteiger partial charge in [0.15, 0.2) is 0 Å². The Morgan fingerprint density at radius 2 is 2.00 bits per heavy atom. The first kappa shape index (κ1) is 21.5. The van der Waals surface area contributed by atoms with E-state index in [-0.39, 0.29) is 11.2 Å². The molecule has 1 aliphatic rings. The molecule has 178 valence electrons. The van der Waals surface area contributed by atoms with Gasteiger partial charge in [-0.1, -0.05) is 38.1 Å². The van der Waals surface area contributed by atoms with Gasteiger partial charge in [-0.15, -0.1) is 5.10 Å². The van der Waals surface area contributed by atoms with E-state index in [0.29, 0.717) is 40.8 Å². The lowest BCUT2D eigenvalue weighted by Crippen LogP contribution is -2.19. The van der Waals surface area contributed by atoms with Crippen molar-refractivity contribution in [1.29, 1.82) is 5.26 Å². The molecule has 2 N–H and O–H groups in total. The highest BCUT2D eigenvalue weighted by Gasteiger charge is 2.27. The Bertz CT molecular complexity index is 1450. The summed E-state index contributed by atoms with van der Waals surface area (Å²) in [5.74, 6) is -0.377. The zero-order valence-corrected chi connectivity index (χ0v) is 20.0. The van der Waals surface area contributed by atoms with Crippen molar-refractivity contribution in [1.82, 2.24) is 20.0 Å². The first-order valence-corrected chi connectivity index (χ1v) is 11.7. The molecule has 2 heterocycles. The van der Waals surface area contributed by atoms with Crippen LogP contribution in [-0.4, -0.2) is 26.5 Å². The Morgan fingerprint density at radius 3 is 2.69 bits per heavy atom. The van der Waals surface area contributed by atoms with Crippen molar-refractivity contribution in [3.05, 3.63) is 77.5 Å². The lowest BCUT2D eigenvalue weighted by Gasteiger charge is -2.22. The van der Waals surface area contributed by atoms with Crippen LogP contribution in [0.4, 0.5) is 15.8 Å². The molecule has 2 aromatic carbocycles. The van der Waals surface area contributed by atoms with E-state index >= 15 is 0 Å². The van der Waals surface area contributed by atoms with E-state index in [9.17, 15) is 11.0 Å². The van der Waals surface area contributed by atoms with Gasteiger partial charge in [0.2, 0.25) is 0 Å². The van der Waals surface area contributed by atoms with Crippen molar-refractivity contribution >= 4 is 22.3 Å². The summed E-state index contributed by atoms with van der Waals surface area (Å²) in [6, 6.07) is 12.4. The maximum Gasteiger partial charge on any atom is 0.123 e. The van der Waals surface area contributed by atoms with Gasteiger partial charge < -0.3 is 10.6 Å². The van der Waals surface area contributed by atoms with Gasteiger partial charge in [0.25, 0.3) is 0 Å². The molecule has 0 aliphatic heterocycles. The minimum absolute atomic E-state index is 0.00444. The summed E-state index contributed by atoms with van der Waals surface area (Å²) in [6.45, 7) is 7.03. The van der Waals surface area contributed by atoms with E-state index in [4.69, 9.17) is 0 Å². The van der Waals surface area contributed by atoms with Crippen molar-refractivity contribution in [3.63, 3.8) is 0 Å². The Balaban J connectivity index is 1.58. The molecule has 1 saturated carbocycles. The summed E-state index contributed by atoms with van der Waals surface area (Å²) in [4.78, 5) is 4.45. The number of nitrogens with zero attached hydrogens (tertiary/aromatic N) is 5. The Labute approximate surface area is 205 Å². The second kappa shape index (κ2) is 8.99. The summed E-state index contributed by atoms with van der Waals surface area (Å²) >= 11 is 0. The van der Waals surface area contributed by atoms with Crippen LogP contribution in [0.15, 0.2) is 54.9 Å². The zero-order chi connectivity index (χ0) is 25.5. The Kier molecular flexibility index (Phi) is 5.53. The summed E-state index contributed by atoms with van der Waals surface area (Å²) in [5.41, 5.74) is 3.47. The third-order valence-electron chi connectivity index (χ3n) is 5.87. The van der Waals surface area contributed by atoms with Gasteiger partial charge in [-0.05, 0) is 54.2 Å². The van der Waals surface area contributed by atoms with Gasteiger partial charge in [-0.3, -0.25) is 4.98 Å². The third-order valence-corrected chi connectivity index (χ3v) is 5.87. The molecule has 7 nitrogen and oxygen atoms in total. The largest absolute Gasteiger partial charge is 0.383 e. The minimum atomic E-state index is -1.52. The second-order valence-corrected chi connectivity index (χ2v) is 10.1. The average molecular weight is 471 g/mol. The Morgan fingerprint density at radius 1 is 1.23 bits per heavy atom. The highest BCUT2D eigenvalue weighted by molar-refractivity contribution is 5.96. The number of anilines is 2. The van der Waals surface area contributed by atoms with Crippen LogP contribution in [0.5, 0.6) is 0 Å². The van der Waals surface area contributed by atoms with Crippen LogP contribution in [-0.2, 0) is 0 Å². The fraction of sp³-hybridized carbons (Fsp3) is 0.333. The maximum absolute atomic E-state index is 13.7. The second-order valence-electron chi connectivity index (χ2n) is 10.1. The van der Waals surface area contributed by atoms with E-state index in [2.05, 4.69) is 52.8 Å². The maximum atomic E-state index is 13.7. The molecule has 4 aromatic rings. The van der Waals surface area contributed by atoms with Crippen LogP contribution >= 0.6 is 0 Å². The molecular formula is C27H28FN7. The summed E-state index contributed by atoms with van der Waals surface area (Å²) in [5, 5.41) is 25.8. The fourth-order valence-electron chi connectivity index (χ4n) is 3.85. The van der Waals surface area contributed by atoms with Crippen molar-refractivity contribution in [2.45, 2.75) is 45.7 Å². The molecule has 1 atom stereocenters. The molecular weight excluding hydrogens is 441 g/mol. The van der Waals surface area contributed by atoms with Crippen molar-refractivity contribution in [2.24, 2.45) is 5.41 Å². The monoisotopic (exact) mass is 470 g/mol. The topological polar surface area (TPSA) is 91.5 Å². The first-order chi connectivity index (χ1) is 17.2. The summed E-state index contributed by atoms with van der Waals surface area (Å²) in [7, 11) is 0. The normalized spacial score (nSPS) is 15.8. The van der Waals surface area contributed by atoms with Crippen LogP contribution in [0.25, 0.3) is 10.9 Å². The summed E-state index contributed by atoms with van der Waals surface area (Å²) < 4.78 is 25.0. The number of pyridine rings is 1. The predicted molar refractivity (Wildman–Crippen MR) is 135 cm³/mol. The van der Waals surface area contributed by atoms with Gasteiger partial charge in [-0.25, -0.2) is 9.07 Å². The van der Waals surface area contributed by atoms with Crippen molar-refractivity contribution in [2.75, 3.05) is 17.2 Å². The van der Waals surface area contributed by atoms with Crippen molar-refractivity contribution < 1.29 is 5.76 Å². The molecule has 1 aliphatic carbocycles. The molecule has 2 aromatic heterocycles. The average Bonchev–Trinajstić information content (AvgIpc) is 3.57. The standard InChI is InChI=1S/C27H28FN7/c1-27(2,3)16-31-25-18(13-29)14-30-23-11-8-20(12-22(23)25)32-26(17-4-6-19(28)7-5-17)24-15-35(34-33-24)21-9-10-21/h4-8,11-12,14-15,21,26,32H,9-10,16H2,1-3H3,(H,30,31)/i26D. The van der Waals surface area contributed by atoms with E-state index in [0.717, 1.165) is 23.7 Å².